The summed E-state index contributed by atoms with van der Waals surface area (Å²) in [7, 11) is 0. The van der Waals surface area contributed by atoms with Gasteiger partial charge in [0.25, 0.3) is 5.56 Å². The number of hydrogen-bond donors (Lipinski definition) is 3. The Morgan fingerprint density at radius 3 is 2.82 bits per heavy atom. The highest BCUT2D eigenvalue weighted by Gasteiger charge is 2.10. The molecular formula is C11H15N3O3. The highest BCUT2D eigenvalue weighted by Crippen LogP contribution is 2.11. The number of aromatic nitrogens is 1. The molecule has 0 unspecified atom stereocenters. The highest BCUT2D eigenvalue weighted by atomic mass is 16.3. The molecular weight excluding hydrogens is 222 g/mol. The Hall–Kier alpha value is -1.84. The third kappa shape index (κ3) is 3.06. The van der Waals surface area contributed by atoms with Gasteiger partial charge in [0.15, 0.2) is 5.88 Å². The van der Waals surface area contributed by atoms with Gasteiger partial charge in [-0.3, -0.25) is 9.36 Å². The highest BCUT2D eigenvalue weighted by molar-refractivity contribution is 5.37. The zero-order chi connectivity index (χ0) is 12.8. The molecule has 0 aliphatic carbocycles. The standard InChI is InChI=1S/C11H15N3O3/c1-8-6-10(16)14(4-2-13-3-5-15)11(17)9(8)7-12/h6,13,15-16H,2-5H2,1H3. The maximum Gasteiger partial charge on any atom is 0.271 e. The van der Waals surface area contributed by atoms with Crippen molar-refractivity contribution in [3.8, 4) is 11.9 Å². The molecule has 1 rings (SSSR count). The summed E-state index contributed by atoms with van der Waals surface area (Å²) in [6.07, 6.45) is 0. The van der Waals surface area contributed by atoms with E-state index in [9.17, 15) is 9.90 Å². The third-order valence-electron chi connectivity index (χ3n) is 2.39. The van der Waals surface area contributed by atoms with Gasteiger partial charge in [-0.2, -0.15) is 5.26 Å². The molecule has 3 N–H and O–H groups in total. The number of rotatable bonds is 5. The van der Waals surface area contributed by atoms with Gasteiger partial charge in [-0.05, 0) is 12.5 Å². The average Bonchev–Trinajstić information content (AvgIpc) is 2.28. The number of nitrogens with one attached hydrogen (secondary N) is 1. The van der Waals surface area contributed by atoms with Crippen molar-refractivity contribution in [2.75, 3.05) is 19.7 Å². The van der Waals surface area contributed by atoms with Gasteiger partial charge in [0.05, 0.1) is 6.61 Å². The van der Waals surface area contributed by atoms with Crippen molar-refractivity contribution >= 4 is 0 Å². The van der Waals surface area contributed by atoms with E-state index in [0.717, 1.165) is 4.57 Å². The summed E-state index contributed by atoms with van der Waals surface area (Å²) in [5, 5.41) is 29.9. The van der Waals surface area contributed by atoms with E-state index in [2.05, 4.69) is 5.32 Å². The molecule has 1 heterocycles. The van der Waals surface area contributed by atoms with Gasteiger partial charge in [0.2, 0.25) is 0 Å². The minimum atomic E-state index is -0.490. The third-order valence-corrected chi connectivity index (χ3v) is 2.39. The molecule has 0 radical (unpaired) electrons. The first-order chi connectivity index (χ1) is 8.11. The Kier molecular flexibility index (Phi) is 4.69. The molecule has 0 atom stereocenters. The van der Waals surface area contributed by atoms with Crippen LogP contribution in [0.5, 0.6) is 5.88 Å². The predicted octanol–water partition coefficient (Wildman–Crippen LogP) is -0.684. The summed E-state index contributed by atoms with van der Waals surface area (Å²) in [6, 6.07) is 3.22. The first-order valence-corrected chi connectivity index (χ1v) is 5.27. The first kappa shape index (κ1) is 13.2. The molecule has 92 valence electrons. The van der Waals surface area contributed by atoms with Crippen molar-refractivity contribution in [2.24, 2.45) is 0 Å². The summed E-state index contributed by atoms with van der Waals surface area (Å²) >= 11 is 0. The average molecular weight is 237 g/mol. The van der Waals surface area contributed by atoms with E-state index in [-0.39, 0.29) is 24.6 Å². The molecule has 0 saturated carbocycles. The summed E-state index contributed by atoms with van der Waals surface area (Å²) < 4.78 is 1.13. The van der Waals surface area contributed by atoms with Crippen LogP contribution >= 0.6 is 0 Å². The van der Waals surface area contributed by atoms with Crippen LogP contribution < -0.4 is 10.9 Å². The minimum absolute atomic E-state index is 0.0121. The fraction of sp³-hybridized carbons (Fsp3) is 0.455. The lowest BCUT2D eigenvalue weighted by atomic mass is 10.1. The maximum atomic E-state index is 11.8. The van der Waals surface area contributed by atoms with Crippen LogP contribution in [-0.4, -0.2) is 34.5 Å². The zero-order valence-corrected chi connectivity index (χ0v) is 9.60. The topological polar surface area (TPSA) is 98.3 Å². The van der Waals surface area contributed by atoms with Crippen LogP contribution in [-0.2, 0) is 6.54 Å². The lowest BCUT2D eigenvalue weighted by Gasteiger charge is -2.10. The molecule has 0 fully saturated rings. The van der Waals surface area contributed by atoms with Gasteiger partial charge in [0, 0.05) is 25.7 Å². The minimum Gasteiger partial charge on any atom is -0.494 e. The Bertz CT molecular complexity index is 488. The second-order valence-corrected chi connectivity index (χ2v) is 3.60. The molecule has 6 heteroatoms. The first-order valence-electron chi connectivity index (χ1n) is 5.27. The van der Waals surface area contributed by atoms with Crippen LogP contribution in [0.4, 0.5) is 0 Å². The fourth-order valence-electron chi connectivity index (χ4n) is 1.50. The van der Waals surface area contributed by atoms with E-state index >= 15 is 0 Å². The maximum absolute atomic E-state index is 11.8. The molecule has 17 heavy (non-hydrogen) atoms. The number of pyridine rings is 1. The van der Waals surface area contributed by atoms with E-state index in [1.54, 1.807) is 6.92 Å². The van der Waals surface area contributed by atoms with Crippen molar-refractivity contribution in [3.05, 3.63) is 27.5 Å². The predicted molar refractivity (Wildman–Crippen MR) is 61.8 cm³/mol. The number of aryl methyl sites for hydroxylation is 1. The van der Waals surface area contributed by atoms with Crippen LogP contribution in [0.25, 0.3) is 0 Å². The van der Waals surface area contributed by atoms with E-state index in [1.807, 2.05) is 6.07 Å². The molecule has 1 aromatic rings. The van der Waals surface area contributed by atoms with E-state index in [1.165, 1.54) is 6.07 Å². The number of hydrogen-bond acceptors (Lipinski definition) is 5. The van der Waals surface area contributed by atoms with Gasteiger partial charge >= 0.3 is 0 Å². The molecule has 0 aromatic carbocycles. The largest absolute Gasteiger partial charge is 0.494 e. The second kappa shape index (κ2) is 6.03. The zero-order valence-electron chi connectivity index (χ0n) is 9.60. The van der Waals surface area contributed by atoms with Crippen molar-refractivity contribution in [1.29, 1.82) is 5.26 Å². The van der Waals surface area contributed by atoms with Crippen LogP contribution in [0, 0.1) is 18.3 Å². The molecule has 0 saturated heterocycles. The van der Waals surface area contributed by atoms with Crippen LogP contribution in [0.15, 0.2) is 10.9 Å². The van der Waals surface area contributed by atoms with Gasteiger partial charge in [-0.15, -0.1) is 0 Å². The van der Waals surface area contributed by atoms with Crippen LogP contribution in [0.3, 0.4) is 0 Å². The normalized spacial score (nSPS) is 10.2. The number of aromatic hydroxyl groups is 1. The molecule has 0 aliphatic heterocycles. The Labute approximate surface area is 98.7 Å². The molecule has 1 aromatic heterocycles. The Morgan fingerprint density at radius 2 is 2.24 bits per heavy atom. The molecule has 0 spiro atoms. The fourth-order valence-corrected chi connectivity index (χ4v) is 1.50. The van der Waals surface area contributed by atoms with Crippen molar-refractivity contribution in [1.82, 2.24) is 9.88 Å². The van der Waals surface area contributed by atoms with Gasteiger partial charge in [-0.25, -0.2) is 0 Å². The SMILES string of the molecule is Cc1cc(O)n(CCNCCO)c(=O)c1C#N. The van der Waals surface area contributed by atoms with Crippen molar-refractivity contribution in [3.63, 3.8) is 0 Å². The van der Waals surface area contributed by atoms with Crippen LogP contribution in [0.1, 0.15) is 11.1 Å². The van der Waals surface area contributed by atoms with E-state index < -0.39 is 5.56 Å². The molecule has 0 bridgehead atoms. The Balaban J connectivity index is 2.93. The lowest BCUT2D eigenvalue weighted by Crippen LogP contribution is -2.30. The number of aliphatic hydroxyl groups excluding tert-OH is 1. The molecule has 6 nitrogen and oxygen atoms in total. The van der Waals surface area contributed by atoms with Gasteiger partial charge < -0.3 is 15.5 Å². The molecule has 0 aliphatic rings. The lowest BCUT2D eigenvalue weighted by molar-refractivity contribution is 0.290. The van der Waals surface area contributed by atoms with Gasteiger partial charge in [0.1, 0.15) is 11.6 Å². The van der Waals surface area contributed by atoms with E-state index in [4.69, 9.17) is 10.4 Å². The summed E-state index contributed by atoms with van der Waals surface area (Å²) in [5.74, 6) is -0.155. The molecule has 0 amide bonds. The Morgan fingerprint density at radius 1 is 1.53 bits per heavy atom. The summed E-state index contributed by atoms with van der Waals surface area (Å²) in [4.78, 5) is 11.8. The second-order valence-electron chi connectivity index (χ2n) is 3.60. The van der Waals surface area contributed by atoms with Crippen molar-refractivity contribution < 1.29 is 10.2 Å². The van der Waals surface area contributed by atoms with E-state index in [0.29, 0.717) is 18.7 Å². The number of nitriles is 1. The summed E-state index contributed by atoms with van der Waals surface area (Å²) in [5.41, 5.74) is 0.0234. The monoisotopic (exact) mass is 237 g/mol. The van der Waals surface area contributed by atoms with Crippen LogP contribution in [0.2, 0.25) is 0 Å². The number of nitrogens with zero attached hydrogens (tertiary/aromatic N) is 2. The number of aliphatic hydroxyl groups is 1. The smallest absolute Gasteiger partial charge is 0.271 e. The van der Waals surface area contributed by atoms with Crippen molar-refractivity contribution in [2.45, 2.75) is 13.5 Å². The quantitative estimate of drug-likeness (QED) is 0.589. The summed E-state index contributed by atoms with van der Waals surface area (Å²) in [6.45, 7) is 2.72. The van der Waals surface area contributed by atoms with Gasteiger partial charge in [-0.1, -0.05) is 0 Å².